The zero-order valence-corrected chi connectivity index (χ0v) is 14.0. The lowest BCUT2D eigenvalue weighted by atomic mass is 10.1. The van der Waals surface area contributed by atoms with Crippen molar-refractivity contribution in [3.8, 4) is 0 Å². The molecule has 0 aromatic carbocycles. The maximum absolute atomic E-state index is 12.0. The largest absolute Gasteiger partial charge is 0.360 e. The minimum Gasteiger partial charge on any atom is -0.360 e. The number of hydrogen-bond donors (Lipinski definition) is 2. The zero-order chi connectivity index (χ0) is 16.4. The lowest BCUT2D eigenvalue weighted by Gasteiger charge is -2.14. The maximum atomic E-state index is 12.0. The summed E-state index contributed by atoms with van der Waals surface area (Å²) >= 11 is 5.88. The van der Waals surface area contributed by atoms with Crippen LogP contribution >= 0.6 is 11.6 Å². The van der Waals surface area contributed by atoms with Crippen molar-refractivity contribution in [3.05, 3.63) is 29.2 Å². The second-order valence-electron chi connectivity index (χ2n) is 5.46. The fraction of sp³-hybridized carbons (Fsp3) is 0.429. The van der Waals surface area contributed by atoms with Crippen LogP contribution in [-0.4, -0.2) is 54.0 Å². The normalized spacial score (nSPS) is 17.6. The van der Waals surface area contributed by atoms with E-state index in [-0.39, 0.29) is 18.1 Å². The lowest BCUT2D eigenvalue weighted by molar-refractivity contribution is -0.120. The molecule has 0 atom stereocenters. The zero-order valence-electron chi connectivity index (χ0n) is 12.4. The number of aromatic amines is 1. The average molecular weight is 357 g/mol. The summed E-state index contributed by atoms with van der Waals surface area (Å²) < 4.78 is 24.7. The van der Waals surface area contributed by atoms with Gasteiger partial charge in [0.25, 0.3) is 0 Å². The van der Waals surface area contributed by atoms with Gasteiger partial charge in [0.15, 0.2) is 0 Å². The predicted octanol–water partition coefficient (Wildman–Crippen LogP) is 0.911. The molecule has 1 amide bonds. The predicted molar refractivity (Wildman–Crippen MR) is 87.8 cm³/mol. The van der Waals surface area contributed by atoms with Gasteiger partial charge in [0.1, 0.15) is 5.15 Å². The molecule has 2 N–H and O–H groups in total. The van der Waals surface area contributed by atoms with Crippen LogP contribution in [0.15, 0.2) is 18.5 Å². The molecule has 3 heterocycles. The highest BCUT2D eigenvalue weighted by Gasteiger charge is 2.27. The third-order valence-corrected chi connectivity index (χ3v) is 6.02. The van der Waals surface area contributed by atoms with Crippen LogP contribution in [0.2, 0.25) is 5.15 Å². The van der Waals surface area contributed by atoms with Gasteiger partial charge in [-0.1, -0.05) is 11.6 Å². The number of pyridine rings is 1. The number of nitrogens with one attached hydrogen (secondary N) is 2. The molecule has 23 heavy (non-hydrogen) atoms. The van der Waals surface area contributed by atoms with Crippen molar-refractivity contribution in [1.29, 1.82) is 0 Å². The first-order chi connectivity index (χ1) is 11.0. The summed E-state index contributed by atoms with van der Waals surface area (Å²) in [5, 5.41) is 3.99. The number of rotatable bonds is 5. The van der Waals surface area contributed by atoms with E-state index in [0.717, 1.165) is 16.5 Å². The summed E-state index contributed by atoms with van der Waals surface area (Å²) in [5.41, 5.74) is 1.65. The Morgan fingerprint density at radius 3 is 3.04 bits per heavy atom. The van der Waals surface area contributed by atoms with Crippen LogP contribution in [0.5, 0.6) is 0 Å². The molecule has 7 nitrogen and oxygen atoms in total. The molecule has 0 spiro atoms. The Morgan fingerprint density at radius 1 is 1.48 bits per heavy atom. The quantitative estimate of drug-likeness (QED) is 0.778. The minimum absolute atomic E-state index is 0.157. The first-order valence-corrected chi connectivity index (χ1v) is 9.30. The van der Waals surface area contributed by atoms with Crippen LogP contribution in [0.1, 0.15) is 12.0 Å². The Hall–Kier alpha value is -1.64. The second kappa shape index (κ2) is 6.46. The fourth-order valence-corrected chi connectivity index (χ4v) is 4.38. The Labute approximate surface area is 139 Å². The molecule has 1 aliphatic heterocycles. The molecule has 1 aliphatic rings. The molecule has 9 heteroatoms. The lowest BCUT2D eigenvalue weighted by Crippen LogP contribution is -2.36. The number of nitrogens with zero attached hydrogens (tertiary/aromatic N) is 2. The van der Waals surface area contributed by atoms with Crippen molar-refractivity contribution in [2.24, 2.45) is 0 Å². The van der Waals surface area contributed by atoms with Crippen LogP contribution in [0.25, 0.3) is 10.9 Å². The highest BCUT2D eigenvalue weighted by Crippen LogP contribution is 2.20. The van der Waals surface area contributed by atoms with E-state index in [4.69, 9.17) is 11.6 Å². The maximum Gasteiger partial charge on any atom is 0.224 e. The molecule has 3 rings (SSSR count). The number of fused-ring (bicyclic) bond motifs is 1. The topological polar surface area (TPSA) is 95.2 Å². The molecule has 2 aromatic rings. The smallest absolute Gasteiger partial charge is 0.224 e. The number of hydrogen-bond acceptors (Lipinski definition) is 4. The van der Waals surface area contributed by atoms with Crippen molar-refractivity contribution < 1.29 is 13.2 Å². The van der Waals surface area contributed by atoms with Gasteiger partial charge in [0.2, 0.25) is 15.9 Å². The Balaban J connectivity index is 1.56. The molecule has 0 bridgehead atoms. The number of halogens is 1. The molecule has 2 aromatic heterocycles. The molecule has 1 saturated heterocycles. The van der Waals surface area contributed by atoms with Crippen LogP contribution in [0.3, 0.4) is 0 Å². The van der Waals surface area contributed by atoms with Gasteiger partial charge in [-0.25, -0.2) is 17.7 Å². The number of carbonyl (C=O) groups excluding carboxylic acids is 1. The number of carbonyl (C=O) groups is 1. The summed E-state index contributed by atoms with van der Waals surface area (Å²) in [6.07, 6.45) is 4.23. The summed E-state index contributed by atoms with van der Waals surface area (Å²) in [6.45, 7) is 1.16. The SMILES string of the molecule is O=C(Cc1c[nH]c2cnc(Cl)cc12)NCCN1CCCS1(=O)=O. The summed E-state index contributed by atoms with van der Waals surface area (Å²) in [5.74, 6) is 0.0425. The van der Waals surface area contributed by atoms with Crippen molar-refractivity contribution in [1.82, 2.24) is 19.6 Å². The molecular weight excluding hydrogens is 340 g/mol. The van der Waals surface area contributed by atoms with E-state index in [1.807, 2.05) is 0 Å². The van der Waals surface area contributed by atoms with E-state index >= 15 is 0 Å². The average Bonchev–Trinajstić information content (AvgIpc) is 3.03. The van der Waals surface area contributed by atoms with Gasteiger partial charge in [-0.3, -0.25) is 4.79 Å². The van der Waals surface area contributed by atoms with Gasteiger partial charge in [-0.2, -0.15) is 0 Å². The third kappa shape index (κ3) is 3.65. The number of amides is 1. The Morgan fingerprint density at radius 2 is 2.30 bits per heavy atom. The van der Waals surface area contributed by atoms with Crippen LogP contribution in [0, 0.1) is 0 Å². The monoisotopic (exact) mass is 356 g/mol. The molecule has 124 valence electrons. The van der Waals surface area contributed by atoms with Crippen molar-refractivity contribution >= 4 is 38.4 Å². The van der Waals surface area contributed by atoms with Gasteiger partial charge in [-0.05, 0) is 18.1 Å². The van der Waals surface area contributed by atoms with E-state index in [9.17, 15) is 13.2 Å². The molecule has 0 unspecified atom stereocenters. The van der Waals surface area contributed by atoms with E-state index in [2.05, 4.69) is 15.3 Å². The van der Waals surface area contributed by atoms with E-state index < -0.39 is 10.0 Å². The molecule has 0 radical (unpaired) electrons. The van der Waals surface area contributed by atoms with Gasteiger partial charge < -0.3 is 10.3 Å². The molecule has 1 fully saturated rings. The summed E-state index contributed by atoms with van der Waals surface area (Å²) in [6, 6.07) is 1.72. The number of aromatic nitrogens is 2. The first-order valence-electron chi connectivity index (χ1n) is 7.32. The van der Waals surface area contributed by atoms with Crippen molar-refractivity contribution in [3.63, 3.8) is 0 Å². The number of H-pyrrole nitrogens is 1. The first kappa shape index (κ1) is 16.2. The highest BCUT2D eigenvalue weighted by atomic mass is 35.5. The van der Waals surface area contributed by atoms with Gasteiger partial charge in [-0.15, -0.1) is 0 Å². The van der Waals surface area contributed by atoms with E-state index in [1.165, 1.54) is 4.31 Å². The van der Waals surface area contributed by atoms with Crippen LogP contribution in [0.4, 0.5) is 0 Å². The highest BCUT2D eigenvalue weighted by molar-refractivity contribution is 7.89. The third-order valence-electron chi connectivity index (χ3n) is 3.86. The summed E-state index contributed by atoms with van der Waals surface area (Å²) in [7, 11) is -3.11. The van der Waals surface area contributed by atoms with E-state index in [0.29, 0.717) is 31.2 Å². The molecular formula is C14H17ClN4O3S. The Kier molecular flexibility index (Phi) is 4.56. The van der Waals surface area contributed by atoms with Crippen molar-refractivity contribution in [2.75, 3.05) is 25.4 Å². The molecule has 0 saturated carbocycles. The van der Waals surface area contributed by atoms with E-state index in [1.54, 1.807) is 18.5 Å². The summed E-state index contributed by atoms with van der Waals surface area (Å²) in [4.78, 5) is 19.1. The fourth-order valence-electron chi connectivity index (χ4n) is 2.70. The minimum atomic E-state index is -3.11. The molecule has 0 aliphatic carbocycles. The van der Waals surface area contributed by atoms with Gasteiger partial charge in [0.05, 0.1) is 23.9 Å². The van der Waals surface area contributed by atoms with Gasteiger partial charge in [0, 0.05) is 31.2 Å². The Bertz CT molecular complexity index is 834. The van der Waals surface area contributed by atoms with Crippen LogP contribution in [-0.2, 0) is 21.2 Å². The standard InChI is InChI=1S/C14H17ClN4O3S/c15-13-7-11-10(8-17-12(11)9-18-13)6-14(20)16-2-4-19-3-1-5-23(19,21)22/h7-9,17H,1-6H2,(H,16,20). The van der Waals surface area contributed by atoms with Gasteiger partial charge >= 0.3 is 0 Å². The van der Waals surface area contributed by atoms with Crippen LogP contribution < -0.4 is 5.32 Å². The number of sulfonamides is 1. The van der Waals surface area contributed by atoms with Crippen molar-refractivity contribution in [2.45, 2.75) is 12.8 Å². The second-order valence-corrected chi connectivity index (χ2v) is 7.94.